The van der Waals surface area contributed by atoms with Crippen LogP contribution in [0, 0.1) is 5.92 Å². The zero-order valence-electron chi connectivity index (χ0n) is 11.6. The molecule has 0 aliphatic heterocycles. The van der Waals surface area contributed by atoms with Gasteiger partial charge in [0.05, 0.1) is 10.1 Å². The number of rotatable bonds is 5. The van der Waals surface area contributed by atoms with Gasteiger partial charge in [-0.3, -0.25) is 0 Å². The third kappa shape index (κ3) is 3.12. The van der Waals surface area contributed by atoms with Gasteiger partial charge in [-0.25, -0.2) is 8.42 Å². The lowest BCUT2D eigenvalue weighted by molar-refractivity contribution is 0.533. The smallest absolute Gasteiger partial charge is 0.182 e. The van der Waals surface area contributed by atoms with Crippen LogP contribution in [0.5, 0.6) is 0 Å². The molecule has 0 aliphatic carbocycles. The molecule has 1 aromatic rings. The van der Waals surface area contributed by atoms with E-state index in [1.54, 1.807) is 12.1 Å². The van der Waals surface area contributed by atoms with Gasteiger partial charge in [-0.15, -0.1) is 0 Å². The zero-order chi connectivity index (χ0) is 13.9. The number of hydrogen-bond acceptors (Lipinski definition) is 3. The fraction of sp³-hybridized carbons (Fsp3) is 0.571. The van der Waals surface area contributed by atoms with Gasteiger partial charge in [0.25, 0.3) is 0 Å². The largest absolute Gasteiger partial charge is 0.329 e. The van der Waals surface area contributed by atoms with Crippen molar-refractivity contribution in [2.24, 2.45) is 11.7 Å². The summed E-state index contributed by atoms with van der Waals surface area (Å²) < 4.78 is 24.8. The first-order chi connectivity index (χ1) is 8.30. The van der Waals surface area contributed by atoms with Crippen LogP contribution in [0.4, 0.5) is 0 Å². The van der Waals surface area contributed by atoms with Crippen LogP contribution in [0.1, 0.15) is 39.2 Å². The standard InChI is InChI=1S/C14H23NO2S/c1-10(2)12-5-7-13(8-6-12)18(16,17)14(9-15)11(3)4/h5-8,10-11,14H,9,15H2,1-4H3. The van der Waals surface area contributed by atoms with E-state index in [4.69, 9.17) is 5.73 Å². The van der Waals surface area contributed by atoms with Crippen LogP contribution < -0.4 is 5.73 Å². The maximum Gasteiger partial charge on any atom is 0.182 e. The number of benzene rings is 1. The average molecular weight is 269 g/mol. The van der Waals surface area contributed by atoms with E-state index >= 15 is 0 Å². The van der Waals surface area contributed by atoms with Crippen molar-refractivity contribution in [3.8, 4) is 0 Å². The number of hydrogen-bond donors (Lipinski definition) is 1. The summed E-state index contributed by atoms with van der Waals surface area (Å²) in [6, 6.07) is 7.14. The van der Waals surface area contributed by atoms with Crippen LogP contribution in [0.2, 0.25) is 0 Å². The van der Waals surface area contributed by atoms with E-state index in [1.165, 1.54) is 0 Å². The minimum absolute atomic E-state index is 0.0183. The molecule has 18 heavy (non-hydrogen) atoms. The molecule has 1 unspecified atom stereocenters. The Morgan fingerprint density at radius 3 is 1.89 bits per heavy atom. The summed E-state index contributed by atoms with van der Waals surface area (Å²) in [4.78, 5) is 0.371. The van der Waals surface area contributed by atoms with Crippen molar-refractivity contribution in [1.29, 1.82) is 0 Å². The van der Waals surface area contributed by atoms with Gasteiger partial charge in [0, 0.05) is 6.54 Å². The lowest BCUT2D eigenvalue weighted by atomic mass is 10.0. The Balaban J connectivity index is 3.12. The molecule has 0 aromatic heterocycles. The topological polar surface area (TPSA) is 60.2 Å². The highest BCUT2D eigenvalue weighted by molar-refractivity contribution is 7.92. The van der Waals surface area contributed by atoms with E-state index in [1.807, 2.05) is 26.0 Å². The molecular weight excluding hydrogens is 246 g/mol. The minimum atomic E-state index is -3.32. The third-order valence-electron chi connectivity index (χ3n) is 3.25. The molecule has 4 heteroatoms. The van der Waals surface area contributed by atoms with E-state index in [0.717, 1.165) is 5.56 Å². The highest BCUT2D eigenvalue weighted by atomic mass is 32.2. The lowest BCUT2D eigenvalue weighted by Gasteiger charge is -2.19. The molecule has 3 nitrogen and oxygen atoms in total. The summed E-state index contributed by atoms with van der Waals surface area (Å²) >= 11 is 0. The van der Waals surface area contributed by atoms with Crippen molar-refractivity contribution >= 4 is 9.84 Å². The molecule has 0 aliphatic rings. The first-order valence-corrected chi connectivity index (χ1v) is 7.89. The van der Waals surface area contributed by atoms with E-state index in [0.29, 0.717) is 10.8 Å². The SMILES string of the molecule is CC(C)c1ccc(S(=O)(=O)C(CN)C(C)C)cc1. The van der Waals surface area contributed by atoms with Crippen molar-refractivity contribution < 1.29 is 8.42 Å². The molecule has 0 saturated carbocycles. The fourth-order valence-electron chi connectivity index (χ4n) is 1.97. The molecule has 0 spiro atoms. The van der Waals surface area contributed by atoms with Gasteiger partial charge >= 0.3 is 0 Å². The predicted octanol–water partition coefficient (Wildman–Crippen LogP) is 2.57. The molecule has 0 amide bonds. The van der Waals surface area contributed by atoms with Crippen LogP contribution >= 0.6 is 0 Å². The van der Waals surface area contributed by atoms with Gasteiger partial charge in [-0.05, 0) is 29.5 Å². The molecule has 102 valence electrons. The third-order valence-corrected chi connectivity index (χ3v) is 5.71. The van der Waals surface area contributed by atoms with Crippen LogP contribution in [-0.2, 0) is 9.84 Å². The fourth-order valence-corrected chi connectivity index (χ4v) is 3.81. The Kier molecular flexibility index (Phi) is 4.93. The first kappa shape index (κ1) is 15.2. The van der Waals surface area contributed by atoms with E-state index < -0.39 is 15.1 Å². The van der Waals surface area contributed by atoms with Crippen molar-refractivity contribution in [3.05, 3.63) is 29.8 Å². The Labute approximate surface area is 110 Å². The van der Waals surface area contributed by atoms with Crippen LogP contribution in [0.3, 0.4) is 0 Å². The molecule has 0 bridgehead atoms. The molecule has 0 radical (unpaired) electrons. The monoisotopic (exact) mass is 269 g/mol. The predicted molar refractivity (Wildman–Crippen MR) is 75.4 cm³/mol. The summed E-state index contributed by atoms with van der Waals surface area (Å²) in [5, 5.41) is -0.512. The Morgan fingerprint density at radius 1 is 1.06 bits per heavy atom. The van der Waals surface area contributed by atoms with Crippen LogP contribution in [0.15, 0.2) is 29.2 Å². The van der Waals surface area contributed by atoms with Gasteiger partial charge in [-0.1, -0.05) is 39.8 Å². The molecule has 2 N–H and O–H groups in total. The second-order valence-corrected chi connectivity index (χ2v) is 7.45. The van der Waals surface area contributed by atoms with E-state index in [9.17, 15) is 8.42 Å². The summed E-state index contributed by atoms with van der Waals surface area (Å²) in [6.45, 7) is 8.10. The Hall–Kier alpha value is -0.870. The zero-order valence-corrected chi connectivity index (χ0v) is 12.4. The second kappa shape index (κ2) is 5.85. The molecule has 1 aromatic carbocycles. The highest BCUT2D eigenvalue weighted by Gasteiger charge is 2.28. The number of nitrogens with two attached hydrogens (primary N) is 1. The van der Waals surface area contributed by atoms with Crippen molar-refractivity contribution in [3.63, 3.8) is 0 Å². The number of sulfone groups is 1. The molecule has 1 atom stereocenters. The van der Waals surface area contributed by atoms with Crippen molar-refractivity contribution in [1.82, 2.24) is 0 Å². The molecule has 0 heterocycles. The van der Waals surface area contributed by atoms with Gasteiger partial charge in [0.1, 0.15) is 0 Å². The maximum absolute atomic E-state index is 12.4. The summed E-state index contributed by atoms with van der Waals surface area (Å²) in [7, 11) is -3.32. The molecule has 1 rings (SSSR count). The maximum atomic E-state index is 12.4. The van der Waals surface area contributed by atoms with Crippen molar-refractivity contribution in [2.45, 2.75) is 43.8 Å². The minimum Gasteiger partial charge on any atom is -0.329 e. The molecular formula is C14H23NO2S. The summed E-state index contributed by atoms with van der Waals surface area (Å²) in [6.07, 6.45) is 0. The van der Waals surface area contributed by atoms with Crippen LogP contribution in [0.25, 0.3) is 0 Å². The average Bonchev–Trinajstić information content (AvgIpc) is 2.29. The van der Waals surface area contributed by atoms with Gasteiger partial charge in [0.2, 0.25) is 0 Å². The summed E-state index contributed by atoms with van der Waals surface area (Å²) in [5.74, 6) is 0.418. The summed E-state index contributed by atoms with van der Waals surface area (Å²) in [5.41, 5.74) is 6.74. The normalized spacial score (nSPS) is 14.2. The first-order valence-electron chi connectivity index (χ1n) is 6.34. The second-order valence-electron chi connectivity index (χ2n) is 5.29. The van der Waals surface area contributed by atoms with Gasteiger partial charge in [-0.2, -0.15) is 0 Å². The molecule has 0 saturated heterocycles. The Bertz CT molecular complexity index is 475. The molecule has 0 fully saturated rings. The Morgan fingerprint density at radius 2 is 1.56 bits per heavy atom. The lowest BCUT2D eigenvalue weighted by Crippen LogP contribution is -2.34. The van der Waals surface area contributed by atoms with E-state index in [2.05, 4.69) is 13.8 Å². The quantitative estimate of drug-likeness (QED) is 0.893. The van der Waals surface area contributed by atoms with Crippen LogP contribution in [-0.4, -0.2) is 20.2 Å². The van der Waals surface area contributed by atoms with Gasteiger partial charge in [0.15, 0.2) is 9.84 Å². The highest BCUT2D eigenvalue weighted by Crippen LogP contribution is 2.23. The van der Waals surface area contributed by atoms with E-state index in [-0.39, 0.29) is 12.5 Å². The van der Waals surface area contributed by atoms with Crippen molar-refractivity contribution in [2.75, 3.05) is 6.54 Å². The van der Waals surface area contributed by atoms with Gasteiger partial charge < -0.3 is 5.73 Å².